The van der Waals surface area contributed by atoms with Crippen LogP contribution in [0.5, 0.6) is 0 Å². The van der Waals surface area contributed by atoms with Crippen molar-refractivity contribution in [2.24, 2.45) is 0 Å². The van der Waals surface area contributed by atoms with E-state index in [9.17, 15) is 18.0 Å². The van der Waals surface area contributed by atoms with E-state index in [1.54, 1.807) is 12.1 Å². The van der Waals surface area contributed by atoms with Gasteiger partial charge in [-0.05, 0) is 30.7 Å². The number of amides is 1. The maximum Gasteiger partial charge on any atom is 0.451 e. The Balaban J connectivity index is 1.52. The number of aryl methyl sites for hydroxylation is 1. The van der Waals surface area contributed by atoms with Crippen molar-refractivity contribution in [2.45, 2.75) is 13.1 Å². The SMILES string of the molecule is Cc1ccc(-c2oc(C(=O)Nc3cnc(C(F)(F)F)nc3)cc2-c2ccc3ocnc3c2)cc1. The second-order valence-corrected chi connectivity index (χ2v) is 7.50. The van der Waals surface area contributed by atoms with Gasteiger partial charge < -0.3 is 14.2 Å². The summed E-state index contributed by atoms with van der Waals surface area (Å²) in [4.78, 5) is 23.5. The third-order valence-electron chi connectivity index (χ3n) is 5.07. The molecule has 34 heavy (non-hydrogen) atoms. The highest BCUT2D eigenvalue weighted by Crippen LogP contribution is 2.37. The molecule has 0 bridgehead atoms. The Morgan fingerprint density at radius 2 is 1.65 bits per heavy atom. The predicted octanol–water partition coefficient (Wildman–Crippen LogP) is 6.12. The van der Waals surface area contributed by atoms with Gasteiger partial charge in [0, 0.05) is 11.1 Å². The van der Waals surface area contributed by atoms with Crippen LogP contribution in [0.1, 0.15) is 21.9 Å². The van der Waals surface area contributed by atoms with E-state index in [-0.39, 0.29) is 11.4 Å². The van der Waals surface area contributed by atoms with Gasteiger partial charge >= 0.3 is 6.18 Å². The monoisotopic (exact) mass is 464 g/mol. The number of carbonyl (C=O) groups is 1. The molecule has 0 atom stereocenters. The Bertz CT molecular complexity index is 1490. The molecular weight excluding hydrogens is 449 g/mol. The largest absolute Gasteiger partial charge is 0.451 e. The van der Waals surface area contributed by atoms with Gasteiger partial charge in [0.05, 0.1) is 18.1 Å². The first-order valence-corrected chi connectivity index (χ1v) is 10.0. The fourth-order valence-electron chi connectivity index (χ4n) is 3.39. The molecular formula is C24H15F3N4O3. The summed E-state index contributed by atoms with van der Waals surface area (Å²) < 4.78 is 49.3. The summed E-state index contributed by atoms with van der Waals surface area (Å²) in [6.07, 6.45) is -1.56. The molecule has 0 aliphatic rings. The number of hydrogen-bond acceptors (Lipinski definition) is 6. The van der Waals surface area contributed by atoms with E-state index in [4.69, 9.17) is 8.83 Å². The number of anilines is 1. The topological polar surface area (TPSA) is 94.1 Å². The minimum Gasteiger partial charge on any atom is -0.450 e. The standard InChI is InChI=1S/C24H15F3N4O3/c1-13-2-4-14(5-3-13)21-17(15-6-7-19-18(8-15)30-12-33-19)9-20(34-21)22(32)31-16-10-28-23(29-11-16)24(25,26)27/h2-12H,1H3,(H,31,32). The fraction of sp³-hybridized carbons (Fsp3) is 0.0833. The van der Waals surface area contributed by atoms with Gasteiger partial charge in [-0.2, -0.15) is 13.2 Å². The van der Waals surface area contributed by atoms with Crippen LogP contribution in [0, 0.1) is 6.92 Å². The quantitative estimate of drug-likeness (QED) is 0.344. The molecule has 2 aromatic carbocycles. The molecule has 170 valence electrons. The van der Waals surface area contributed by atoms with E-state index in [1.807, 2.05) is 43.3 Å². The summed E-state index contributed by atoms with van der Waals surface area (Å²) >= 11 is 0. The van der Waals surface area contributed by atoms with Crippen LogP contribution < -0.4 is 5.32 Å². The van der Waals surface area contributed by atoms with Crippen molar-refractivity contribution in [2.75, 3.05) is 5.32 Å². The van der Waals surface area contributed by atoms with E-state index < -0.39 is 17.9 Å². The first kappa shape index (κ1) is 21.4. The van der Waals surface area contributed by atoms with E-state index >= 15 is 0 Å². The zero-order chi connectivity index (χ0) is 23.9. The molecule has 7 nitrogen and oxygen atoms in total. The molecule has 0 saturated carbocycles. The number of fused-ring (bicyclic) bond motifs is 1. The number of benzene rings is 2. The van der Waals surface area contributed by atoms with Crippen LogP contribution in [0.15, 0.2) is 76.2 Å². The highest BCUT2D eigenvalue weighted by atomic mass is 19.4. The molecule has 5 aromatic rings. The van der Waals surface area contributed by atoms with Gasteiger partial charge in [0.25, 0.3) is 5.91 Å². The number of halogens is 3. The Morgan fingerprint density at radius 1 is 0.941 bits per heavy atom. The molecule has 3 aromatic heterocycles. The number of nitrogens with zero attached hydrogens (tertiary/aromatic N) is 3. The summed E-state index contributed by atoms with van der Waals surface area (Å²) in [6.45, 7) is 1.95. The van der Waals surface area contributed by atoms with Gasteiger partial charge in [-0.25, -0.2) is 15.0 Å². The van der Waals surface area contributed by atoms with Gasteiger partial charge in [0.1, 0.15) is 11.3 Å². The van der Waals surface area contributed by atoms with Gasteiger partial charge in [0.15, 0.2) is 17.7 Å². The highest BCUT2D eigenvalue weighted by Gasteiger charge is 2.34. The van der Waals surface area contributed by atoms with Gasteiger partial charge in [-0.3, -0.25) is 4.79 Å². The normalized spacial score (nSPS) is 11.6. The second kappa shape index (κ2) is 8.14. The Labute approximate surface area is 190 Å². The predicted molar refractivity (Wildman–Crippen MR) is 117 cm³/mol. The Morgan fingerprint density at radius 3 is 2.35 bits per heavy atom. The molecule has 0 aliphatic carbocycles. The van der Waals surface area contributed by atoms with Gasteiger partial charge in [-0.15, -0.1) is 0 Å². The third kappa shape index (κ3) is 4.13. The minimum atomic E-state index is -4.67. The molecule has 0 unspecified atom stereocenters. The molecule has 0 aliphatic heterocycles. The molecule has 0 saturated heterocycles. The van der Waals surface area contributed by atoms with Gasteiger partial charge in [-0.1, -0.05) is 35.9 Å². The van der Waals surface area contributed by atoms with Crippen LogP contribution in [-0.2, 0) is 6.18 Å². The molecule has 0 fully saturated rings. The molecule has 3 heterocycles. The lowest BCUT2D eigenvalue weighted by Crippen LogP contribution is -2.14. The number of furan rings is 1. The number of oxazole rings is 1. The summed E-state index contributed by atoms with van der Waals surface area (Å²) in [6, 6.07) is 14.5. The zero-order valence-electron chi connectivity index (χ0n) is 17.6. The van der Waals surface area contributed by atoms with Crippen LogP contribution in [0.2, 0.25) is 0 Å². The summed E-state index contributed by atoms with van der Waals surface area (Å²) in [5.74, 6) is -1.54. The average Bonchev–Trinajstić information content (AvgIpc) is 3.46. The van der Waals surface area contributed by atoms with Crippen molar-refractivity contribution in [3.05, 3.63) is 84.5 Å². The number of hydrogen-bond donors (Lipinski definition) is 1. The number of rotatable bonds is 4. The number of nitrogens with one attached hydrogen (secondary N) is 1. The molecule has 0 spiro atoms. The van der Waals surface area contributed by atoms with Crippen molar-refractivity contribution in [3.8, 4) is 22.5 Å². The lowest BCUT2D eigenvalue weighted by molar-refractivity contribution is -0.144. The lowest BCUT2D eigenvalue weighted by Gasteiger charge is -2.06. The minimum absolute atomic E-state index is 0.00291. The molecule has 0 radical (unpaired) electrons. The number of aromatic nitrogens is 3. The second-order valence-electron chi connectivity index (χ2n) is 7.50. The molecule has 1 amide bonds. The Hall–Kier alpha value is -4.47. The maximum absolute atomic E-state index is 12.8. The summed E-state index contributed by atoms with van der Waals surface area (Å²) in [5, 5.41) is 2.46. The van der Waals surface area contributed by atoms with Crippen molar-refractivity contribution >= 4 is 22.7 Å². The van der Waals surface area contributed by atoms with Crippen LogP contribution in [0.3, 0.4) is 0 Å². The first-order valence-electron chi connectivity index (χ1n) is 10.0. The van der Waals surface area contributed by atoms with Crippen LogP contribution in [-0.4, -0.2) is 20.9 Å². The van der Waals surface area contributed by atoms with Crippen LogP contribution >= 0.6 is 0 Å². The number of alkyl halides is 3. The van der Waals surface area contributed by atoms with Crippen molar-refractivity contribution in [1.82, 2.24) is 15.0 Å². The van der Waals surface area contributed by atoms with Crippen LogP contribution in [0.25, 0.3) is 33.6 Å². The lowest BCUT2D eigenvalue weighted by atomic mass is 10.0. The zero-order valence-corrected chi connectivity index (χ0v) is 17.6. The van der Waals surface area contributed by atoms with E-state index in [0.29, 0.717) is 22.4 Å². The van der Waals surface area contributed by atoms with Gasteiger partial charge in [0.2, 0.25) is 5.82 Å². The molecule has 10 heteroatoms. The summed E-state index contributed by atoms with van der Waals surface area (Å²) in [5.41, 5.74) is 4.45. The van der Waals surface area contributed by atoms with Crippen LogP contribution in [0.4, 0.5) is 18.9 Å². The Kier molecular flexibility index (Phi) is 5.12. The smallest absolute Gasteiger partial charge is 0.450 e. The van der Waals surface area contributed by atoms with Crippen molar-refractivity contribution < 1.29 is 26.8 Å². The van der Waals surface area contributed by atoms with E-state index in [1.165, 1.54) is 6.39 Å². The van der Waals surface area contributed by atoms with E-state index in [2.05, 4.69) is 20.3 Å². The highest BCUT2D eigenvalue weighted by molar-refractivity contribution is 6.04. The third-order valence-corrected chi connectivity index (χ3v) is 5.07. The molecule has 1 N–H and O–H groups in total. The van der Waals surface area contributed by atoms with Crippen molar-refractivity contribution in [1.29, 1.82) is 0 Å². The maximum atomic E-state index is 12.8. The van der Waals surface area contributed by atoms with Crippen molar-refractivity contribution in [3.63, 3.8) is 0 Å². The van der Waals surface area contributed by atoms with E-state index in [0.717, 1.165) is 29.1 Å². The first-order chi connectivity index (χ1) is 16.3. The fourth-order valence-corrected chi connectivity index (χ4v) is 3.39. The molecule has 5 rings (SSSR count). The summed E-state index contributed by atoms with van der Waals surface area (Å²) in [7, 11) is 0. The number of carbonyl (C=O) groups excluding carboxylic acids is 1. The average molecular weight is 464 g/mol.